The molecule has 3 rings (SSSR count). The van der Waals surface area contributed by atoms with Crippen molar-refractivity contribution < 1.29 is 0 Å². The summed E-state index contributed by atoms with van der Waals surface area (Å²) in [5.41, 5.74) is 9.32. The van der Waals surface area contributed by atoms with Crippen molar-refractivity contribution in [1.29, 1.82) is 0 Å². The average molecular weight is 346 g/mol. The normalized spacial score (nSPS) is 16.1. The first-order chi connectivity index (χ1) is 10.2. The molecule has 0 spiro atoms. The summed E-state index contributed by atoms with van der Waals surface area (Å²) in [6.45, 7) is 5.29. The number of halogens is 1. The Morgan fingerprint density at radius 2 is 1.67 bits per heavy atom. The quantitative estimate of drug-likeness (QED) is 0.865. The zero-order valence-electron chi connectivity index (χ0n) is 12.0. The van der Waals surface area contributed by atoms with E-state index >= 15 is 0 Å². The average Bonchev–Trinajstić information content (AvgIpc) is 2.48. The Labute approximate surface area is 134 Å². The number of nitrogens with zero attached hydrogens (tertiary/aromatic N) is 2. The number of anilines is 2. The molecule has 1 fully saturated rings. The molecule has 2 N–H and O–H groups in total. The van der Waals surface area contributed by atoms with Crippen LogP contribution in [0.4, 0.5) is 11.4 Å². The van der Waals surface area contributed by atoms with Gasteiger partial charge in [0.2, 0.25) is 0 Å². The van der Waals surface area contributed by atoms with Crippen molar-refractivity contribution in [3.8, 4) is 0 Å². The maximum absolute atomic E-state index is 5.91. The van der Waals surface area contributed by atoms with E-state index in [4.69, 9.17) is 5.73 Å². The lowest BCUT2D eigenvalue weighted by atomic mass is 10.1. The van der Waals surface area contributed by atoms with Crippen LogP contribution < -0.4 is 10.6 Å². The van der Waals surface area contributed by atoms with Crippen molar-refractivity contribution in [1.82, 2.24) is 4.90 Å². The van der Waals surface area contributed by atoms with Crippen LogP contribution in [0.5, 0.6) is 0 Å². The van der Waals surface area contributed by atoms with Crippen LogP contribution in [0.3, 0.4) is 0 Å². The molecule has 0 amide bonds. The van der Waals surface area contributed by atoms with Gasteiger partial charge in [0, 0.05) is 48.6 Å². The summed E-state index contributed by atoms with van der Waals surface area (Å²) in [5, 5.41) is 0. The smallest absolute Gasteiger partial charge is 0.0367 e. The molecule has 0 radical (unpaired) electrons. The first-order valence-corrected chi connectivity index (χ1v) is 8.07. The van der Waals surface area contributed by atoms with Gasteiger partial charge in [0.25, 0.3) is 0 Å². The topological polar surface area (TPSA) is 32.5 Å². The van der Waals surface area contributed by atoms with Crippen molar-refractivity contribution in [2.75, 3.05) is 36.8 Å². The first-order valence-electron chi connectivity index (χ1n) is 7.28. The lowest BCUT2D eigenvalue weighted by Gasteiger charge is -2.36. The molecule has 0 bridgehead atoms. The monoisotopic (exact) mass is 345 g/mol. The minimum atomic E-state index is 0.822. The van der Waals surface area contributed by atoms with E-state index in [0.717, 1.165) is 42.9 Å². The van der Waals surface area contributed by atoms with Crippen LogP contribution in [0.25, 0.3) is 0 Å². The fourth-order valence-corrected chi connectivity index (χ4v) is 3.39. The van der Waals surface area contributed by atoms with Gasteiger partial charge >= 0.3 is 0 Å². The van der Waals surface area contributed by atoms with E-state index in [2.05, 4.69) is 68.2 Å². The molecule has 0 aliphatic carbocycles. The largest absolute Gasteiger partial charge is 0.399 e. The molecule has 2 aromatic rings. The highest BCUT2D eigenvalue weighted by atomic mass is 79.9. The van der Waals surface area contributed by atoms with Gasteiger partial charge in [-0.3, -0.25) is 4.90 Å². The van der Waals surface area contributed by atoms with Crippen molar-refractivity contribution in [2.45, 2.75) is 6.54 Å². The maximum atomic E-state index is 5.91. The third-order valence-corrected chi connectivity index (χ3v) is 4.34. The number of nitrogens with two attached hydrogens (primary N) is 1. The number of piperazine rings is 1. The summed E-state index contributed by atoms with van der Waals surface area (Å²) < 4.78 is 1.06. The number of para-hydroxylation sites is 1. The second-order valence-corrected chi connectivity index (χ2v) is 6.41. The third-order valence-electron chi connectivity index (χ3n) is 3.88. The highest BCUT2D eigenvalue weighted by molar-refractivity contribution is 9.10. The van der Waals surface area contributed by atoms with Gasteiger partial charge in [0.1, 0.15) is 0 Å². The molecule has 21 heavy (non-hydrogen) atoms. The predicted octanol–water partition coefficient (Wildman–Crippen LogP) is 3.35. The van der Waals surface area contributed by atoms with Crippen molar-refractivity contribution >= 4 is 27.3 Å². The molecule has 1 aliphatic rings. The van der Waals surface area contributed by atoms with E-state index < -0.39 is 0 Å². The lowest BCUT2D eigenvalue weighted by Crippen LogP contribution is -2.45. The molecule has 1 saturated heterocycles. The molecule has 0 unspecified atom stereocenters. The van der Waals surface area contributed by atoms with Gasteiger partial charge in [0.15, 0.2) is 0 Å². The summed E-state index contributed by atoms with van der Waals surface area (Å²) in [4.78, 5) is 4.94. The molecular formula is C17H20BrN3. The van der Waals surface area contributed by atoms with E-state index in [1.807, 2.05) is 6.07 Å². The van der Waals surface area contributed by atoms with Crippen molar-refractivity contribution in [2.24, 2.45) is 0 Å². The van der Waals surface area contributed by atoms with Crippen LogP contribution in [0.2, 0.25) is 0 Å². The minimum Gasteiger partial charge on any atom is -0.399 e. The van der Waals surface area contributed by atoms with Crippen LogP contribution in [0.15, 0.2) is 53.0 Å². The van der Waals surface area contributed by atoms with E-state index in [1.165, 1.54) is 11.3 Å². The van der Waals surface area contributed by atoms with Crippen LogP contribution in [0.1, 0.15) is 5.56 Å². The van der Waals surface area contributed by atoms with Crippen LogP contribution in [0, 0.1) is 0 Å². The highest BCUT2D eigenvalue weighted by Crippen LogP contribution is 2.20. The molecule has 4 heteroatoms. The number of rotatable bonds is 3. The van der Waals surface area contributed by atoms with Crippen molar-refractivity contribution in [3.05, 3.63) is 58.6 Å². The Hall–Kier alpha value is -1.52. The Kier molecular flexibility index (Phi) is 4.46. The number of hydrogen-bond acceptors (Lipinski definition) is 3. The molecule has 0 atom stereocenters. The second-order valence-electron chi connectivity index (χ2n) is 5.49. The zero-order valence-corrected chi connectivity index (χ0v) is 13.6. The summed E-state index contributed by atoms with van der Waals surface area (Å²) in [6.07, 6.45) is 0. The molecule has 2 aromatic carbocycles. The molecule has 1 heterocycles. The van der Waals surface area contributed by atoms with Gasteiger partial charge in [-0.1, -0.05) is 34.1 Å². The SMILES string of the molecule is Nc1cc(Br)cc(CN2CCN(c3ccccc3)CC2)c1. The first kappa shape index (κ1) is 14.4. The molecule has 110 valence electrons. The van der Waals surface area contributed by atoms with Gasteiger partial charge in [-0.2, -0.15) is 0 Å². The molecule has 1 aliphatic heterocycles. The lowest BCUT2D eigenvalue weighted by molar-refractivity contribution is 0.250. The van der Waals surface area contributed by atoms with Gasteiger partial charge < -0.3 is 10.6 Å². The summed E-state index contributed by atoms with van der Waals surface area (Å²) in [5.74, 6) is 0. The van der Waals surface area contributed by atoms with E-state index in [-0.39, 0.29) is 0 Å². The Morgan fingerprint density at radius 1 is 0.952 bits per heavy atom. The molecule has 3 nitrogen and oxygen atoms in total. The van der Waals surface area contributed by atoms with E-state index in [9.17, 15) is 0 Å². The van der Waals surface area contributed by atoms with Gasteiger partial charge in [-0.05, 0) is 35.9 Å². The van der Waals surface area contributed by atoms with Crippen molar-refractivity contribution in [3.63, 3.8) is 0 Å². The van der Waals surface area contributed by atoms with Crippen LogP contribution in [-0.2, 0) is 6.54 Å². The zero-order chi connectivity index (χ0) is 14.7. The van der Waals surface area contributed by atoms with Crippen LogP contribution in [-0.4, -0.2) is 31.1 Å². The standard InChI is InChI=1S/C17H20BrN3/c18-15-10-14(11-16(19)12-15)13-20-6-8-21(9-7-20)17-4-2-1-3-5-17/h1-5,10-12H,6-9,13,19H2. The van der Waals surface area contributed by atoms with Crippen LogP contribution >= 0.6 is 15.9 Å². The number of nitrogen functional groups attached to an aromatic ring is 1. The van der Waals surface area contributed by atoms with E-state index in [0.29, 0.717) is 0 Å². The molecule has 0 saturated carbocycles. The van der Waals surface area contributed by atoms with E-state index in [1.54, 1.807) is 0 Å². The Balaban J connectivity index is 1.58. The number of benzene rings is 2. The predicted molar refractivity (Wildman–Crippen MR) is 92.5 cm³/mol. The summed E-state index contributed by atoms with van der Waals surface area (Å²) >= 11 is 3.51. The molecular weight excluding hydrogens is 326 g/mol. The Bertz CT molecular complexity index is 572. The summed E-state index contributed by atoms with van der Waals surface area (Å²) in [7, 11) is 0. The minimum absolute atomic E-state index is 0.822. The fraction of sp³-hybridized carbons (Fsp3) is 0.294. The second kappa shape index (κ2) is 6.50. The Morgan fingerprint density at radius 3 is 2.33 bits per heavy atom. The molecule has 0 aromatic heterocycles. The van der Waals surface area contributed by atoms with Gasteiger partial charge in [-0.15, -0.1) is 0 Å². The van der Waals surface area contributed by atoms with Gasteiger partial charge in [0.05, 0.1) is 0 Å². The maximum Gasteiger partial charge on any atom is 0.0367 e. The fourth-order valence-electron chi connectivity index (χ4n) is 2.83. The van der Waals surface area contributed by atoms with Gasteiger partial charge in [-0.25, -0.2) is 0 Å². The third kappa shape index (κ3) is 3.77. The summed E-state index contributed by atoms with van der Waals surface area (Å²) in [6, 6.07) is 16.8. The highest BCUT2D eigenvalue weighted by Gasteiger charge is 2.17. The number of hydrogen-bond donors (Lipinski definition) is 1.